The van der Waals surface area contributed by atoms with Crippen molar-refractivity contribution < 1.29 is 9.50 Å². The highest BCUT2D eigenvalue weighted by molar-refractivity contribution is 7.07. The highest BCUT2D eigenvalue weighted by Crippen LogP contribution is 2.18. The molecule has 0 spiro atoms. The normalized spacial score (nSPS) is 12.4. The molecule has 0 aliphatic carbocycles. The number of halogens is 1. The fourth-order valence-corrected chi connectivity index (χ4v) is 2.06. The topological polar surface area (TPSA) is 58.0 Å². The van der Waals surface area contributed by atoms with Gasteiger partial charge in [-0.1, -0.05) is 0 Å². The summed E-state index contributed by atoms with van der Waals surface area (Å²) >= 11 is 1.55. The van der Waals surface area contributed by atoms with E-state index in [0.29, 0.717) is 18.9 Å². The lowest BCUT2D eigenvalue weighted by atomic mass is 10.1. The second-order valence-electron chi connectivity index (χ2n) is 3.51. The molecule has 2 rings (SSSR count). The second kappa shape index (κ2) is 5.70. The van der Waals surface area contributed by atoms with E-state index in [1.165, 1.54) is 0 Å². The molecule has 2 aromatic rings. The summed E-state index contributed by atoms with van der Waals surface area (Å²) in [6.07, 6.45) is 2.27. The van der Waals surface area contributed by atoms with Crippen LogP contribution in [0.1, 0.15) is 18.1 Å². The molecule has 2 aromatic heterocycles. The monoisotopic (exact) mass is 253 g/mol. The predicted molar refractivity (Wildman–Crippen MR) is 64.4 cm³/mol. The predicted octanol–water partition coefficient (Wildman–Crippen LogP) is 2.21. The van der Waals surface area contributed by atoms with Gasteiger partial charge >= 0.3 is 0 Å². The van der Waals surface area contributed by atoms with Crippen LogP contribution in [0.5, 0.6) is 0 Å². The molecule has 0 amide bonds. The van der Waals surface area contributed by atoms with Crippen LogP contribution >= 0.6 is 11.3 Å². The maximum Gasteiger partial charge on any atom is 0.222 e. The zero-order valence-corrected chi connectivity index (χ0v) is 9.82. The third-order valence-corrected chi connectivity index (χ3v) is 2.95. The number of aliphatic hydroxyl groups excluding tert-OH is 1. The van der Waals surface area contributed by atoms with Gasteiger partial charge in [-0.15, -0.1) is 0 Å². The zero-order chi connectivity index (χ0) is 12.1. The van der Waals surface area contributed by atoms with Crippen LogP contribution in [-0.4, -0.2) is 21.6 Å². The van der Waals surface area contributed by atoms with Crippen molar-refractivity contribution >= 4 is 17.3 Å². The highest BCUT2D eigenvalue weighted by atomic mass is 32.1. The molecule has 0 saturated carbocycles. The molecule has 4 nitrogen and oxygen atoms in total. The van der Waals surface area contributed by atoms with Gasteiger partial charge in [0.15, 0.2) is 5.82 Å². The van der Waals surface area contributed by atoms with Gasteiger partial charge in [-0.25, -0.2) is 14.4 Å². The first-order valence-corrected chi connectivity index (χ1v) is 6.11. The lowest BCUT2D eigenvalue weighted by Gasteiger charge is -2.09. The lowest BCUT2D eigenvalue weighted by molar-refractivity contribution is 0.172. The Morgan fingerprint density at radius 2 is 2.18 bits per heavy atom. The smallest absolute Gasteiger partial charge is 0.222 e. The molecule has 90 valence electrons. The Bertz CT molecular complexity index is 446. The molecular weight excluding hydrogens is 241 g/mol. The van der Waals surface area contributed by atoms with Crippen molar-refractivity contribution in [3.8, 4) is 0 Å². The minimum absolute atomic E-state index is 0.365. The number of anilines is 1. The van der Waals surface area contributed by atoms with Gasteiger partial charge in [0.2, 0.25) is 5.95 Å². The summed E-state index contributed by atoms with van der Waals surface area (Å²) in [5, 5.41) is 16.6. The standard InChI is InChI=1S/C11H12FN3OS/c12-9-5-14-11(15-6-9)13-3-1-10(16)8-2-4-17-7-8/h2,4-7,10,16H,1,3H2,(H,13,14,15). The zero-order valence-electron chi connectivity index (χ0n) is 9.01. The highest BCUT2D eigenvalue weighted by Gasteiger charge is 2.07. The van der Waals surface area contributed by atoms with E-state index in [1.54, 1.807) is 11.3 Å². The van der Waals surface area contributed by atoms with Crippen molar-refractivity contribution in [3.63, 3.8) is 0 Å². The number of rotatable bonds is 5. The minimum Gasteiger partial charge on any atom is -0.388 e. The lowest BCUT2D eigenvalue weighted by Crippen LogP contribution is -2.09. The molecule has 0 saturated heterocycles. The molecule has 2 heterocycles. The molecule has 0 bridgehead atoms. The fourth-order valence-electron chi connectivity index (χ4n) is 1.36. The summed E-state index contributed by atoms with van der Waals surface area (Å²) in [6.45, 7) is 0.530. The van der Waals surface area contributed by atoms with Gasteiger partial charge in [0.05, 0.1) is 18.5 Å². The maximum absolute atomic E-state index is 12.5. The van der Waals surface area contributed by atoms with E-state index in [1.807, 2.05) is 16.8 Å². The average molecular weight is 253 g/mol. The summed E-state index contributed by atoms with van der Waals surface area (Å²) in [4.78, 5) is 7.52. The van der Waals surface area contributed by atoms with Gasteiger partial charge in [0.25, 0.3) is 0 Å². The van der Waals surface area contributed by atoms with E-state index in [9.17, 15) is 9.50 Å². The molecule has 6 heteroatoms. The Hall–Kier alpha value is -1.53. The minimum atomic E-state index is -0.491. The quantitative estimate of drug-likeness (QED) is 0.857. The number of hydrogen-bond acceptors (Lipinski definition) is 5. The molecule has 1 unspecified atom stereocenters. The summed E-state index contributed by atoms with van der Waals surface area (Å²) in [5.41, 5.74) is 0.914. The van der Waals surface area contributed by atoms with Gasteiger partial charge < -0.3 is 10.4 Å². The summed E-state index contributed by atoms with van der Waals surface area (Å²) < 4.78 is 12.5. The van der Waals surface area contributed by atoms with E-state index in [-0.39, 0.29) is 0 Å². The van der Waals surface area contributed by atoms with Crippen LogP contribution in [0.2, 0.25) is 0 Å². The molecule has 1 atom stereocenters. The SMILES string of the molecule is OC(CCNc1ncc(F)cn1)c1ccsc1. The molecule has 0 fully saturated rings. The number of hydrogen-bond donors (Lipinski definition) is 2. The van der Waals surface area contributed by atoms with E-state index in [4.69, 9.17) is 0 Å². The average Bonchev–Trinajstić information content (AvgIpc) is 2.85. The second-order valence-corrected chi connectivity index (χ2v) is 4.29. The van der Waals surface area contributed by atoms with Gasteiger partial charge in [-0.05, 0) is 28.8 Å². The summed E-state index contributed by atoms with van der Waals surface area (Å²) in [5.74, 6) is -0.0993. The van der Waals surface area contributed by atoms with Crippen LogP contribution in [0.25, 0.3) is 0 Å². The van der Waals surface area contributed by atoms with Crippen molar-refractivity contribution in [2.45, 2.75) is 12.5 Å². The number of nitrogens with one attached hydrogen (secondary N) is 1. The number of aliphatic hydroxyl groups is 1. The van der Waals surface area contributed by atoms with Crippen molar-refractivity contribution in [2.75, 3.05) is 11.9 Å². The summed E-state index contributed by atoms with van der Waals surface area (Å²) in [7, 11) is 0. The Balaban J connectivity index is 1.78. The Labute approximate surface area is 102 Å². The number of aromatic nitrogens is 2. The van der Waals surface area contributed by atoms with Crippen LogP contribution in [0.15, 0.2) is 29.2 Å². The molecule has 2 N–H and O–H groups in total. The third-order valence-electron chi connectivity index (χ3n) is 2.25. The number of nitrogens with zero attached hydrogens (tertiary/aromatic N) is 2. The van der Waals surface area contributed by atoms with Crippen LogP contribution in [-0.2, 0) is 0 Å². The van der Waals surface area contributed by atoms with Crippen LogP contribution < -0.4 is 5.32 Å². The van der Waals surface area contributed by atoms with Crippen molar-refractivity contribution in [3.05, 3.63) is 40.6 Å². The van der Waals surface area contributed by atoms with Gasteiger partial charge in [0.1, 0.15) is 0 Å². The fraction of sp³-hybridized carbons (Fsp3) is 0.273. The Morgan fingerprint density at radius 3 is 2.82 bits per heavy atom. The molecule has 0 radical (unpaired) electrons. The van der Waals surface area contributed by atoms with Gasteiger partial charge in [-0.3, -0.25) is 0 Å². The summed E-state index contributed by atoms with van der Waals surface area (Å²) in [6, 6.07) is 1.89. The van der Waals surface area contributed by atoms with E-state index in [0.717, 1.165) is 18.0 Å². The van der Waals surface area contributed by atoms with Crippen LogP contribution in [0, 0.1) is 5.82 Å². The first-order chi connectivity index (χ1) is 8.25. The number of thiophene rings is 1. The Morgan fingerprint density at radius 1 is 1.41 bits per heavy atom. The van der Waals surface area contributed by atoms with Gasteiger partial charge in [-0.2, -0.15) is 11.3 Å². The van der Waals surface area contributed by atoms with Crippen molar-refractivity contribution in [1.82, 2.24) is 9.97 Å². The Kier molecular flexibility index (Phi) is 4.00. The molecular formula is C11H12FN3OS. The van der Waals surface area contributed by atoms with Crippen LogP contribution in [0.3, 0.4) is 0 Å². The first-order valence-electron chi connectivity index (χ1n) is 5.17. The third kappa shape index (κ3) is 3.47. The molecule has 0 aliphatic rings. The maximum atomic E-state index is 12.5. The molecule has 0 aliphatic heterocycles. The molecule has 17 heavy (non-hydrogen) atoms. The van der Waals surface area contributed by atoms with Crippen LogP contribution in [0.4, 0.5) is 10.3 Å². The van der Waals surface area contributed by atoms with E-state index < -0.39 is 11.9 Å². The van der Waals surface area contributed by atoms with E-state index in [2.05, 4.69) is 15.3 Å². The molecule has 0 aromatic carbocycles. The van der Waals surface area contributed by atoms with Crippen molar-refractivity contribution in [1.29, 1.82) is 0 Å². The van der Waals surface area contributed by atoms with Gasteiger partial charge in [0, 0.05) is 6.54 Å². The largest absolute Gasteiger partial charge is 0.388 e. The first kappa shape index (κ1) is 11.9. The van der Waals surface area contributed by atoms with Crippen molar-refractivity contribution in [2.24, 2.45) is 0 Å². The van der Waals surface area contributed by atoms with E-state index >= 15 is 0 Å².